The molecule has 1 aliphatic rings. The number of hydrogen-bond donors (Lipinski definition) is 2. The van der Waals surface area contributed by atoms with Crippen molar-refractivity contribution in [1.82, 2.24) is 15.2 Å². The summed E-state index contributed by atoms with van der Waals surface area (Å²) < 4.78 is 13.8. The van der Waals surface area contributed by atoms with E-state index in [1.165, 1.54) is 12.1 Å². The van der Waals surface area contributed by atoms with Crippen LogP contribution in [0.1, 0.15) is 32.7 Å². The molecule has 3 aromatic rings. The molecule has 4 rings (SSSR count). The van der Waals surface area contributed by atoms with Crippen molar-refractivity contribution >= 4 is 28.6 Å². The Morgan fingerprint density at radius 3 is 2.71 bits per heavy atom. The first-order valence-corrected chi connectivity index (χ1v) is 9.02. The SMILES string of the molecule is O=C(CCN1C(=O)c2cccc(F)c2C1=O)NCCc1c[nH]c2ccccc12. The Bertz CT molecular complexity index is 1090. The van der Waals surface area contributed by atoms with Crippen molar-refractivity contribution in [3.05, 3.63) is 71.2 Å². The maximum absolute atomic E-state index is 13.8. The topological polar surface area (TPSA) is 82.3 Å². The first kappa shape index (κ1) is 17.9. The zero-order valence-corrected chi connectivity index (χ0v) is 15.0. The van der Waals surface area contributed by atoms with Crippen molar-refractivity contribution in [1.29, 1.82) is 0 Å². The second-order valence-electron chi connectivity index (χ2n) is 6.63. The number of benzene rings is 2. The maximum Gasteiger partial charge on any atom is 0.264 e. The fourth-order valence-electron chi connectivity index (χ4n) is 3.47. The number of rotatable bonds is 6. The molecule has 7 heteroatoms. The quantitative estimate of drug-likeness (QED) is 0.646. The molecule has 0 spiro atoms. The second-order valence-corrected chi connectivity index (χ2v) is 6.63. The van der Waals surface area contributed by atoms with Gasteiger partial charge in [0.15, 0.2) is 0 Å². The summed E-state index contributed by atoms with van der Waals surface area (Å²) in [6.07, 6.45) is 2.55. The van der Waals surface area contributed by atoms with Crippen LogP contribution >= 0.6 is 0 Å². The average molecular weight is 379 g/mol. The third-order valence-corrected chi connectivity index (χ3v) is 4.90. The molecule has 2 N–H and O–H groups in total. The molecule has 0 atom stereocenters. The van der Waals surface area contributed by atoms with Crippen LogP contribution in [-0.4, -0.2) is 40.7 Å². The number of nitrogens with one attached hydrogen (secondary N) is 2. The number of imide groups is 1. The van der Waals surface area contributed by atoms with E-state index in [0.29, 0.717) is 13.0 Å². The molecular formula is C21H18FN3O3. The summed E-state index contributed by atoms with van der Waals surface area (Å²) in [7, 11) is 0. The third kappa shape index (κ3) is 3.15. The summed E-state index contributed by atoms with van der Waals surface area (Å²) in [4.78, 5) is 40.7. The largest absolute Gasteiger partial charge is 0.361 e. The van der Waals surface area contributed by atoms with Gasteiger partial charge in [0.25, 0.3) is 11.8 Å². The van der Waals surface area contributed by atoms with Crippen molar-refractivity contribution in [3.8, 4) is 0 Å². The van der Waals surface area contributed by atoms with E-state index >= 15 is 0 Å². The van der Waals surface area contributed by atoms with Crippen LogP contribution in [0.2, 0.25) is 0 Å². The normalized spacial score (nSPS) is 13.2. The van der Waals surface area contributed by atoms with Gasteiger partial charge in [0, 0.05) is 36.6 Å². The molecule has 0 fully saturated rings. The van der Waals surface area contributed by atoms with Gasteiger partial charge in [0.1, 0.15) is 5.82 Å². The van der Waals surface area contributed by atoms with Crippen molar-refractivity contribution in [3.63, 3.8) is 0 Å². The molecule has 0 unspecified atom stereocenters. The van der Waals surface area contributed by atoms with Crippen LogP contribution in [0.5, 0.6) is 0 Å². The van der Waals surface area contributed by atoms with Gasteiger partial charge < -0.3 is 10.3 Å². The minimum absolute atomic E-state index is 0.0268. The van der Waals surface area contributed by atoms with E-state index in [1.807, 2.05) is 30.5 Å². The van der Waals surface area contributed by atoms with Crippen molar-refractivity contribution in [2.45, 2.75) is 12.8 Å². The second kappa shape index (κ2) is 7.26. The lowest BCUT2D eigenvalue weighted by Gasteiger charge is -2.13. The Morgan fingerprint density at radius 1 is 1.07 bits per heavy atom. The van der Waals surface area contributed by atoms with E-state index < -0.39 is 17.6 Å². The number of carbonyl (C=O) groups is 3. The highest BCUT2D eigenvalue weighted by Crippen LogP contribution is 2.25. The fourth-order valence-corrected chi connectivity index (χ4v) is 3.47. The number of aromatic nitrogens is 1. The number of hydrogen-bond acceptors (Lipinski definition) is 3. The van der Waals surface area contributed by atoms with Crippen molar-refractivity contribution in [2.75, 3.05) is 13.1 Å². The highest BCUT2D eigenvalue weighted by molar-refractivity contribution is 6.21. The number of H-pyrrole nitrogens is 1. The summed E-state index contributed by atoms with van der Waals surface area (Å²) >= 11 is 0. The van der Waals surface area contributed by atoms with Crippen LogP contribution in [0.4, 0.5) is 4.39 Å². The third-order valence-electron chi connectivity index (χ3n) is 4.90. The van der Waals surface area contributed by atoms with E-state index in [9.17, 15) is 18.8 Å². The number of halogens is 1. The minimum atomic E-state index is -0.721. The number of para-hydroxylation sites is 1. The average Bonchev–Trinajstić information content (AvgIpc) is 3.21. The van der Waals surface area contributed by atoms with Gasteiger partial charge in [-0.05, 0) is 30.2 Å². The molecule has 2 aromatic carbocycles. The lowest BCUT2D eigenvalue weighted by Crippen LogP contribution is -2.35. The number of nitrogens with zero attached hydrogens (tertiary/aromatic N) is 1. The molecule has 1 aromatic heterocycles. The van der Waals surface area contributed by atoms with Gasteiger partial charge in [-0.2, -0.15) is 0 Å². The van der Waals surface area contributed by atoms with Crippen LogP contribution in [0.25, 0.3) is 10.9 Å². The first-order chi connectivity index (χ1) is 13.6. The molecule has 0 saturated carbocycles. The van der Waals surface area contributed by atoms with Gasteiger partial charge >= 0.3 is 0 Å². The maximum atomic E-state index is 13.8. The predicted octanol–water partition coefficient (Wildman–Crippen LogP) is 2.65. The number of amides is 3. The molecule has 0 saturated heterocycles. The molecule has 2 heterocycles. The van der Waals surface area contributed by atoms with E-state index in [-0.39, 0.29) is 30.0 Å². The summed E-state index contributed by atoms with van der Waals surface area (Å²) in [6, 6.07) is 11.9. The van der Waals surface area contributed by atoms with E-state index in [0.717, 1.165) is 27.4 Å². The lowest BCUT2D eigenvalue weighted by atomic mass is 10.1. The van der Waals surface area contributed by atoms with Gasteiger partial charge in [-0.15, -0.1) is 0 Å². The van der Waals surface area contributed by atoms with Crippen LogP contribution < -0.4 is 5.32 Å². The molecule has 142 valence electrons. The Labute approximate surface area is 160 Å². The highest BCUT2D eigenvalue weighted by Gasteiger charge is 2.37. The van der Waals surface area contributed by atoms with Gasteiger partial charge in [-0.25, -0.2) is 4.39 Å². The van der Waals surface area contributed by atoms with E-state index in [4.69, 9.17) is 0 Å². The van der Waals surface area contributed by atoms with E-state index in [1.54, 1.807) is 0 Å². The molecule has 28 heavy (non-hydrogen) atoms. The summed E-state index contributed by atoms with van der Waals surface area (Å²) in [5.74, 6) is -2.24. The smallest absolute Gasteiger partial charge is 0.264 e. The number of fused-ring (bicyclic) bond motifs is 2. The Balaban J connectivity index is 1.30. The standard InChI is InChI=1S/C21H18FN3O3/c22-16-6-3-5-15-19(16)21(28)25(20(15)27)11-9-18(26)23-10-8-13-12-24-17-7-2-1-4-14(13)17/h1-7,12,24H,8-11H2,(H,23,26). The molecule has 0 bridgehead atoms. The lowest BCUT2D eigenvalue weighted by molar-refractivity contribution is -0.121. The Morgan fingerprint density at radius 2 is 1.89 bits per heavy atom. The molecule has 0 aliphatic carbocycles. The van der Waals surface area contributed by atoms with Crippen molar-refractivity contribution in [2.24, 2.45) is 0 Å². The minimum Gasteiger partial charge on any atom is -0.361 e. The molecule has 3 amide bonds. The van der Waals surface area contributed by atoms with Gasteiger partial charge in [0.2, 0.25) is 5.91 Å². The monoisotopic (exact) mass is 379 g/mol. The first-order valence-electron chi connectivity index (χ1n) is 9.02. The van der Waals surface area contributed by atoms with Crippen LogP contribution in [0.3, 0.4) is 0 Å². The molecule has 6 nitrogen and oxygen atoms in total. The van der Waals surface area contributed by atoms with Gasteiger partial charge in [-0.3, -0.25) is 19.3 Å². The molecule has 1 aliphatic heterocycles. The van der Waals surface area contributed by atoms with Gasteiger partial charge in [-0.1, -0.05) is 24.3 Å². The fraction of sp³-hybridized carbons (Fsp3) is 0.190. The van der Waals surface area contributed by atoms with Gasteiger partial charge in [0.05, 0.1) is 11.1 Å². The van der Waals surface area contributed by atoms with Crippen LogP contribution in [-0.2, 0) is 11.2 Å². The Hall–Kier alpha value is -3.48. The molecular weight excluding hydrogens is 361 g/mol. The number of aromatic amines is 1. The van der Waals surface area contributed by atoms with Crippen LogP contribution in [0.15, 0.2) is 48.7 Å². The predicted molar refractivity (Wildman–Crippen MR) is 101 cm³/mol. The summed E-state index contributed by atoms with van der Waals surface area (Å²) in [5.41, 5.74) is 1.98. The zero-order valence-electron chi connectivity index (χ0n) is 15.0. The highest BCUT2D eigenvalue weighted by atomic mass is 19.1. The number of carbonyl (C=O) groups excluding carboxylic acids is 3. The molecule has 0 radical (unpaired) electrons. The van der Waals surface area contributed by atoms with E-state index in [2.05, 4.69) is 10.3 Å². The van der Waals surface area contributed by atoms with Crippen LogP contribution in [0, 0.1) is 5.82 Å². The summed E-state index contributed by atoms with van der Waals surface area (Å²) in [5, 5.41) is 3.91. The zero-order chi connectivity index (χ0) is 19.7. The Kier molecular flexibility index (Phi) is 4.65. The summed E-state index contributed by atoms with van der Waals surface area (Å²) in [6.45, 7) is 0.363. The van der Waals surface area contributed by atoms with Crippen molar-refractivity contribution < 1.29 is 18.8 Å².